The van der Waals surface area contributed by atoms with Crippen LogP contribution < -0.4 is 10.1 Å². The molecule has 1 aliphatic heterocycles. The van der Waals surface area contributed by atoms with Crippen molar-refractivity contribution in [2.75, 3.05) is 25.5 Å². The fourth-order valence-electron chi connectivity index (χ4n) is 3.47. The molecule has 0 saturated carbocycles. The van der Waals surface area contributed by atoms with Gasteiger partial charge in [0.1, 0.15) is 11.6 Å². The number of benzene rings is 2. The Labute approximate surface area is 165 Å². The molecule has 3 aromatic rings. The van der Waals surface area contributed by atoms with Crippen LogP contribution in [0.5, 0.6) is 5.75 Å². The van der Waals surface area contributed by atoms with E-state index in [1.54, 1.807) is 29.6 Å². The molecule has 4 rings (SSSR count). The van der Waals surface area contributed by atoms with Gasteiger partial charge in [-0.1, -0.05) is 18.2 Å². The molecule has 2 aromatic carbocycles. The lowest BCUT2D eigenvalue weighted by Gasteiger charge is -2.16. The van der Waals surface area contributed by atoms with Crippen LogP contribution in [0.15, 0.2) is 59.5 Å². The Hall–Kier alpha value is -2.64. The van der Waals surface area contributed by atoms with Crippen molar-refractivity contribution in [2.24, 2.45) is 0 Å². The van der Waals surface area contributed by atoms with Crippen molar-refractivity contribution >= 4 is 26.7 Å². The van der Waals surface area contributed by atoms with Crippen LogP contribution >= 0.6 is 0 Å². The van der Waals surface area contributed by atoms with Crippen LogP contribution in [-0.4, -0.2) is 37.9 Å². The molecule has 1 fully saturated rings. The number of nitrogens with one attached hydrogen (secondary N) is 1. The summed E-state index contributed by atoms with van der Waals surface area (Å²) in [5.74, 6) is 1.56. The van der Waals surface area contributed by atoms with Gasteiger partial charge in [-0.15, -0.1) is 0 Å². The van der Waals surface area contributed by atoms with E-state index in [2.05, 4.69) is 10.3 Å². The molecular weight excluding hydrogens is 374 g/mol. The van der Waals surface area contributed by atoms with Gasteiger partial charge in [-0.25, -0.2) is 13.4 Å². The van der Waals surface area contributed by atoms with Gasteiger partial charge in [-0.3, -0.25) is 0 Å². The molecule has 1 N–H and O–H groups in total. The van der Waals surface area contributed by atoms with Gasteiger partial charge in [-0.2, -0.15) is 4.31 Å². The first kappa shape index (κ1) is 18.7. The van der Waals surface area contributed by atoms with E-state index in [0.29, 0.717) is 24.5 Å². The van der Waals surface area contributed by atoms with Crippen molar-refractivity contribution in [3.8, 4) is 5.75 Å². The van der Waals surface area contributed by atoms with E-state index in [-0.39, 0.29) is 0 Å². The quantitative estimate of drug-likeness (QED) is 0.688. The first-order chi connectivity index (χ1) is 13.6. The largest absolute Gasteiger partial charge is 0.496 e. The van der Waals surface area contributed by atoms with Gasteiger partial charge in [0.05, 0.1) is 17.5 Å². The van der Waals surface area contributed by atoms with Crippen LogP contribution in [0.25, 0.3) is 10.9 Å². The normalized spacial score (nSPS) is 15.0. The number of pyridine rings is 1. The van der Waals surface area contributed by atoms with Gasteiger partial charge in [0, 0.05) is 30.6 Å². The van der Waals surface area contributed by atoms with Crippen molar-refractivity contribution in [1.29, 1.82) is 0 Å². The monoisotopic (exact) mass is 397 g/mol. The van der Waals surface area contributed by atoms with Crippen LogP contribution in [0.4, 0.5) is 5.82 Å². The third kappa shape index (κ3) is 3.68. The number of hydrogen-bond donors (Lipinski definition) is 1. The Bertz CT molecular complexity index is 1090. The smallest absolute Gasteiger partial charge is 0.243 e. The molecule has 6 nitrogen and oxygen atoms in total. The highest BCUT2D eigenvalue weighted by molar-refractivity contribution is 7.89. The molecule has 0 radical (unpaired) electrons. The van der Waals surface area contributed by atoms with Crippen LogP contribution in [0.2, 0.25) is 0 Å². The number of ether oxygens (including phenoxy) is 1. The van der Waals surface area contributed by atoms with Gasteiger partial charge in [0.25, 0.3) is 0 Å². The van der Waals surface area contributed by atoms with Gasteiger partial charge >= 0.3 is 0 Å². The standard InChI is InChI=1S/C21H23N3O3S/c1-27-20-7-3-2-6-17(20)15-22-21-11-8-16-14-18(9-10-19(16)23-21)28(25,26)24-12-4-5-13-24/h2-3,6-11,14H,4-5,12-13,15H2,1H3,(H,22,23). The number of fused-ring (bicyclic) bond motifs is 1. The number of hydrogen-bond acceptors (Lipinski definition) is 5. The summed E-state index contributed by atoms with van der Waals surface area (Å²) in [6.07, 6.45) is 1.85. The zero-order chi connectivity index (χ0) is 19.6. The van der Waals surface area contributed by atoms with Crippen LogP contribution in [-0.2, 0) is 16.6 Å². The summed E-state index contributed by atoms with van der Waals surface area (Å²) < 4.78 is 32.4. The fourth-order valence-corrected chi connectivity index (χ4v) is 5.03. The van der Waals surface area contributed by atoms with E-state index in [1.165, 1.54) is 0 Å². The molecule has 0 bridgehead atoms. The van der Waals surface area contributed by atoms with E-state index in [1.807, 2.05) is 36.4 Å². The first-order valence-electron chi connectivity index (χ1n) is 9.35. The Morgan fingerprint density at radius 2 is 1.86 bits per heavy atom. The highest BCUT2D eigenvalue weighted by Crippen LogP contribution is 2.25. The van der Waals surface area contributed by atoms with Crippen molar-refractivity contribution in [3.05, 3.63) is 60.2 Å². The molecule has 7 heteroatoms. The number of rotatable bonds is 6. The van der Waals surface area contributed by atoms with Gasteiger partial charge in [-0.05, 0) is 49.2 Å². The molecule has 1 saturated heterocycles. The number of aromatic nitrogens is 1. The number of methoxy groups -OCH3 is 1. The minimum Gasteiger partial charge on any atom is -0.496 e. The third-order valence-corrected chi connectivity index (χ3v) is 6.91. The zero-order valence-corrected chi connectivity index (χ0v) is 16.6. The van der Waals surface area contributed by atoms with Gasteiger partial charge in [0.2, 0.25) is 10.0 Å². The maximum atomic E-state index is 12.7. The molecule has 0 aliphatic carbocycles. The molecule has 146 valence electrons. The summed E-state index contributed by atoms with van der Waals surface area (Å²) in [5, 5.41) is 4.11. The second-order valence-corrected chi connectivity index (χ2v) is 8.77. The first-order valence-corrected chi connectivity index (χ1v) is 10.8. The second kappa shape index (κ2) is 7.77. The highest BCUT2D eigenvalue weighted by atomic mass is 32.2. The summed E-state index contributed by atoms with van der Waals surface area (Å²) >= 11 is 0. The van der Waals surface area contributed by atoms with Gasteiger partial charge in [0.15, 0.2) is 0 Å². The Balaban J connectivity index is 1.55. The van der Waals surface area contributed by atoms with Crippen molar-refractivity contribution in [3.63, 3.8) is 0 Å². The molecule has 2 heterocycles. The Kier molecular flexibility index (Phi) is 5.19. The van der Waals surface area contributed by atoms with Crippen LogP contribution in [0.1, 0.15) is 18.4 Å². The van der Waals surface area contributed by atoms with Crippen LogP contribution in [0, 0.1) is 0 Å². The average molecular weight is 398 g/mol. The summed E-state index contributed by atoms with van der Waals surface area (Å²) in [6, 6.07) is 16.7. The van der Waals surface area contributed by atoms with E-state index in [0.717, 1.165) is 40.9 Å². The minimum atomic E-state index is -3.42. The Morgan fingerprint density at radius 3 is 2.64 bits per heavy atom. The lowest BCUT2D eigenvalue weighted by atomic mass is 10.2. The maximum absolute atomic E-state index is 12.7. The highest BCUT2D eigenvalue weighted by Gasteiger charge is 2.27. The van der Waals surface area contributed by atoms with Crippen molar-refractivity contribution < 1.29 is 13.2 Å². The van der Waals surface area contributed by atoms with E-state index < -0.39 is 10.0 Å². The maximum Gasteiger partial charge on any atom is 0.243 e. The predicted molar refractivity (Wildman–Crippen MR) is 110 cm³/mol. The molecule has 0 amide bonds. The van der Waals surface area contributed by atoms with E-state index in [9.17, 15) is 8.42 Å². The summed E-state index contributed by atoms with van der Waals surface area (Å²) in [5.41, 5.74) is 1.80. The molecule has 28 heavy (non-hydrogen) atoms. The second-order valence-electron chi connectivity index (χ2n) is 6.83. The summed E-state index contributed by atoms with van der Waals surface area (Å²) in [6.45, 7) is 1.79. The fraction of sp³-hybridized carbons (Fsp3) is 0.286. The van der Waals surface area contributed by atoms with E-state index >= 15 is 0 Å². The number of para-hydroxylation sites is 1. The molecule has 1 aromatic heterocycles. The Morgan fingerprint density at radius 1 is 1.07 bits per heavy atom. The lowest BCUT2D eigenvalue weighted by molar-refractivity contribution is 0.410. The number of sulfonamides is 1. The zero-order valence-electron chi connectivity index (χ0n) is 15.8. The molecule has 0 atom stereocenters. The summed E-state index contributed by atoms with van der Waals surface area (Å²) in [7, 11) is -1.76. The topological polar surface area (TPSA) is 71.5 Å². The predicted octanol–water partition coefficient (Wildman–Crippen LogP) is 3.64. The number of nitrogens with zero attached hydrogens (tertiary/aromatic N) is 2. The van der Waals surface area contributed by atoms with Crippen molar-refractivity contribution in [1.82, 2.24) is 9.29 Å². The van der Waals surface area contributed by atoms with E-state index in [4.69, 9.17) is 4.74 Å². The average Bonchev–Trinajstić information content (AvgIpc) is 3.27. The SMILES string of the molecule is COc1ccccc1CNc1ccc2cc(S(=O)(=O)N3CCCC3)ccc2n1. The molecule has 0 unspecified atom stereocenters. The molecular formula is C21H23N3O3S. The van der Waals surface area contributed by atoms with Crippen molar-refractivity contribution in [2.45, 2.75) is 24.3 Å². The molecule has 1 aliphatic rings. The minimum absolute atomic E-state index is 0.332. The van der Waals surface area contributed by atoms with Gasteiger partial charge < -0.3 is 10.1 Å². The lowest BCUT2D eigenvalue weighted by Crippen LogP contribution is -2.27. The van der Waals surface area contributed by atoms with Crippen LogP contribution in [0.3, 0.4) is 0 Å². The summed E-state index contributed by atoms with van der Waals surface area (Å²) in [4.78, 5) is 4.94. The third-order valence-electron chi connectivity index (χ3n) is 5.02. The number of anilines is 1. The molecule has 0 spiro atoms.